The first kappa shape index (κ1) is 26.0. The molecule has 0 atom stereocenters. The highest BCUT2D eigenvalue weighted by atomic mass is 32.2. The zero-order chi connectivity index (χ0) is 22.6. The van der Waals surface area contributed by atoms with Crippen LogP contribution in [0.3, 0.4) is 0 Å². The molecule has 0 saturated heterocycles. The maximum Gasteiger partial charge on any atom is 0.318 e. The highest BCUT2D eigenvalue weighted by Gasteiger charge is 2.22. The van der Waals surface area contributed by atoms with Gasteiger partial charge in [-0.25, -0.2) is 16.8 Å². The molecule has 0 aliphatic carbocycles. The lowest BCUT2D eigenvalue weighted by molar-refractivity contribution is -0.135. The number of hydrogen-bond donors (Lipinski definition) is 5. The molecule has 0 aromatic heterocycles. The molecule has 0 amide bonds. The van der Waals surface area contributed by atoms with Gasteiger partial charge in [-0.3, -0.25) is 19.6 Å². The quantitative estimate of drug-likeness (QED) is 0.198. The lowest BCUT2D eigenvalue weighted by Crippen LogP contribution is -2.38. The number of nitrogens with zero attached hydrogens (tertiary/aromatic N) is 2. The monoisotopic (exact) mass is 487 g/mol. The number of rotatable bonds is 10. The van der Waals surface area contributed by atoms with E-state index in [9.17, 15) is 26.4 Å². The molecular weight excluding hydrogens is 462 g/mol. The summed E-state index contributed by atoms with van der Waals surface area (Å²) in [6, 6.07) is 0. The van der Waals surface area contributed by atoms with Gasteiger partial charge in [0.2, 0.25) is 0 Å². The van der Waals surface area contributed by atoms with Crippen molar-refractivity contribution in [1.29, 1.82) is 0 Å². The van der Waals surface area contributed by atoms with Crippen LogP contribution < -0.4 is 16.0 Å². The number of aliphatic imine (C=N–C) groups is 2. The molecule has 0 radical (unpaired) electrons. The topological polar surface area (TPSA) is 204 Å². The molecular formula is C14H25N5O8S3. The van der Waals surface area contributed by atoms with Gasteiger partial charge in [-0.15, -0.1) is 0 Å². The Morgan fingerprint density at radius 3 is 1.93 bits per heavy atom. The number of aliphatic carboxylic acids is 2. The number of nitrogens with one attached hydrogen (secondary N) is 3. The van der Waals surface area contributed by atoms with E-state index in [1.54, 1.807) is 11.8 Å². The van der Waals surface area contributed by atoms with Crippen molar-refractivity contribution in [2.24, 2.45) is 9.98 Å². The van der Waals surface area contributed by atoms with E-state index in [0.717, 1.165) is 49.6 Å². The van der Waals surface area contributed by atoms with E-state index in [4.69, 9.17) is 10.2 Å². The first-order valence-corrected chi connectivity index (χ1v) is 13.4. The van der Waals surface area contributed by atoms with Gasteiger partial charge < -0.3 is 26.2 Å². The van der Waals surface area contributed by atoms with Crippen LogP contribution in [0.4, 0.5) is 0 Å². The zero-order valence-corrected chi connectivity index (χ0v) is 18.5. The fraction of sp³-hybridized carbons (Fsp3) is 0.714. The van der Waals surface area contributed by atoms with Gasteiger partial charge in [-0.2, -0.15) is 0 Å². The molecule has 172 valence electrons. The smallest absolute Gasteiger partial charge is 0.318 e. The average Bonchev–Trinajstić information content (AvgIpc) is 3.30. The molecule has 0 saturated carbocycles. The van der Waals surface area contributed by atoms with Gasteiger partial charge in [0.15, 0.2) is 30.8 Å². The number of carboxylic acid groups (broad SMARTS) is 2. The maximum absolute atomic E-state index is 11.0. The molecule has 30 heavy (non-hydrogen) atoms. The number of carboxylic acids is 2. The summed E-state index contributed by atoms with van der Waals surface area (Å²) in [7, 11) is -8.04. The van der Waals surface area contributed by atoms with Crippen molar-refractivity contribution >= 4 is 54.5 Å². The van der Waals surface area contributed by atoms with Crippen LogP contribution in [-0.4, -0.2) is 112 Å². The predicted molar refractivity (Wildman–Crippen MR) is 114 cm³/mol. The summed E-state index contributed by atoms with van der Waals surface area (Å²) >= 11 is 1.79. The second-order valence-corrected chi connectivity index (χ2v) is 11.5. The van der Waals surface area contributed by atoms with Crippen molar-refractivity contribution < 1.29 is 36.6 Å². The van der Waals surface area contributed by atoms with Gasteiger partial charge in [-0.1, -0.05) is 11.8 Å². The van der Waals surface area contributed by atoms with E-state index >= 15 is 0 Å². The van der Waals surface area contributed by atoms with Crippen LogP contribution in [0.15, 0.2) is 9.98 Å². The average molecular weight is 488 g/mol. The lowest BCUT2D eigenvalue weighted by atomic mass is 10.6. The minimum absolute atomic E-state index is 0.880. The molecule has 0 spiro atoms. The highest BCUT2D eigenvalue weighted by molar-refractivity contribution is 8.14. The van der Waals surface area contributed by atoms with Crippen LogP contribution in [0.1, 0.15) is 0 Å². The first-order valence-electron chi connectivity index (χ1n) is 8.77. The number of guanidine groups is 1. The van der Waals surface area contributed by atoms with Gasteiger partial charge in [0, 0.05) is 25.4 Å². The summed E-state index contributed by atoms with van der Waals surface area (Å²) in [5.74, 6) is -5.27. The molecule has 0 aromatic rings. The predicted octanol–water partition coefficient (Wildman–Crippen LogP) is -2.79. The molecule has 5 N–H and O–H groups in total. The van der Waals surface area contributed by atoms with Gasteiger partial charge in [-0.05, 0) is 0 Å². The van der Waals surface area contributed by atoms with Crippen LogP contribution >= 0.6 is 11.8 Å². The van der Waals surface area contributed by atoms with Gasteiger partial charge >= 0.3 is 11.9 Å². The Labute approximate surface area is 178 Å². The van der Waals surface area contributed by atoms with E-state index in [1.807, 2.05) is 0 Å². The van der Waals surface area contributed by atoms with Crippen molar-refractivity contribution in [2.45, 2.75) is 0 Å². The van der Waals surface area contributed by atoms with E-state index in [1.165, 1.54) is 0 Å². The third-order valence-electron chi connectivity index (χ3n) is 3.35. The molecule has 13 nitrogen and oxygen atoms in total. The molecule has 2 aliphatic heterocycles. The summed E-state index contributed by atoms with van der Waals surface area (Å²) in [6.45, 7) is 4.57. The number of thioether (sulfide) groups is 1. The molecule has 2 rings (SSSR count). The second-order valence-electron chi connectivity index (χ2n) is 6.02. The first-order chi connectivity index (χ1) is 14.0. The molecule has 0 bridgehead atoms. The third kappa shape index (κ3) is 12.5. The van der Waals surface area contributed by atoms with E-state index in [0.29, 0.717) is 0 Å². The van der Waals surface area contributed by atoms with Crippen molar-refractivity contribution in [3.8, 4) is 0 Å². The zero-order valence-electron chi connectivity index (χ0n) is 16.0. The number of amidine groups is 1. The summed E-state index contributed by atoms with van der Waals surface area (Å²) in [4.78, 5) is 28.7. The Kier molecular flexibility index (Phi) is 10.9. The van der Waals surface area contributed by atoms with E-state index in [-0.39, 0.29) is 0 Å². The lowest BCUT2D eigenvalue weighted by Gasteiger charge is -2.07. The standard InChI is InChI=1S/C8H15N5S.C6H10O8S2/c1-2-10-7(9-1)11-3-4-12-8-13-5-6-14-8;7-5(8)3-15(11,12)1-2-16(13,14)4-6(9)10/h1-6H2,(H,12,13)(H2,9,10,11);1-4H2,(H,7,8)(H,9,10). The van der Waals surface area contributed by atoms with Crippen molar-refractivity contribution in [2.75, 3.05) is 61.5 Å². The maximum atomic E-state index is 11.0. The SMILES string of the molecule is C1CNC(NCCNC2=NCCS2)=N1.O=C(O)CS(=O)(=O)CCS(=O)(=O)CC(=O)O. The summed E-state index contributed by atoms with van der Waals surface area (Å²) in [5.41, 5.74) is 0. The van der Waals surface area contributed by atoms with Crippen LogP contribution in [0.5, 0.6) is 0 Å². The Bertz CT molecular complexity index is 798. The number of carbonyl (C=O) groups is 2. The summed E-state index contributed by atoms with van der Waals surface area (Å²) < 4.78 is 43.9. The van der Waals surface area contributed by atoms with Gasteiger partial charge in [0.25, 0.3) is 0 Å². The van der Waals surface area contributed by atoms with Crippen LogP contribution in [0.25, 0.3) is 0 Å². The molecule has 0 aromatic carbocycles. The van der Waals surface area contributed by atoms with Crippen LogP contribution in [-0.2, 0) is 29.3 Å². The number of sulfone groups is 2. The molecule has 0 unspecified atom stereocenters. The molecule has 2 heterocycles. The van der Waals surface area contributed by atoms with Gasteiger partial charge in [0.05, 0.1) is 24.6 Å². The summed E-state index contributed by atoms with van der Waals surface area (Å²) in [5, 5.41) is 27.1. The Morgan fingerprint density at radius 2 is 1.50 bits per heavy atom. The number of hydrogen-bond acceptors (Lipinski definition) is 12. The fourth-order valence-electron chi connectivity index (χ4n) is 2.08. The third-order valence-corrected chi connectivity index (χ3v) is 7.56. The molecule has 16 heteroatoms. The summed E-state index contributed by atoms with van der Waals surface area (Å²) in [6.07, 6.45) is 0. The normalized spacial score (nSPS) is 15.9. The van der Waals surface area contributed by atoms with Crippen LogP contribution in [0.2, 0.25) is 0 Å². The van der Waals surface area contributed by atoms with E-state index in [2.05, 4.69) is 25.9 Å². The molecule has 0 fully saturated rings. The van der Waals surface area contributed by atoms with Crippen molar-refractivity contribution in [3.05, 3.63) is 0 Å². The molecule has 2 aliphatic rings. The Balaban J connectivity index is 0.000000301. The minimum Gasteiger partial charge on any atom is -0.480 e. The van der Waals surface area contributed by atoms with Gasteiger partial charge in [0.1, 0.15) is 11.5 Å². The minimum atomic E-state index is -4.02. The fourth-order valence-corrected chi connectivity index (χ4v) is 5.92. The Hall–Kier alpha value is -2.07. The van der Waals surface area contributed by atoms with Crippen LogP contribution in [0, 0.1) is 0 Å². The van der Waals surface area contributed by atoms with Crippen molar-refractivity contribution in [1.82, 2.24) is 16.0 Å². The van der Waals surface area contributed by atoms with E-state index < -0.39 is 54.6 Å². The Morgan fingerprint density at radius 1 is 0.933 bits per heavy atom. The largest absolute Gasteiger partial charge is 0.480 e. The second kappa shape index (κ2) is 12.6. The van der Waals surface area contributed by atoms with Crippen molar-refractivity contribution in [3.63, 3.8) is 0 Å². The highest BCUT2D eigenvalue weighted by Crippen LogP contribution is 2.08.